The minimum atomic E-state index is 0.460. The Bertz CT molecular complexity index is 600. The van der Waals surface area contributed by atoms with Gasteiger partial charge in [-0.25, -0.2) is 9.67 Å². The Kier molecular flexibility index (Phi) is 3.20. The van der Waals surface area contributed by atoms with Crippen LogP contribution in [0.2, 0.25) is 0 Å². The van der Waals surface area contributed by atoms with Gasteiger partial charge in [0.05, 0.1) is 11.7 Å². The molecule has 3 rings (SSSR count). The number of hydrogen-bond acceptors (Lipinski definition) is 4. The van der Waals surface area contributed by atoms with Crippen LogP contribution in [0.5, 0.6) is 0 Å². The minimum absolute atomic E-state index is 0.460. The highest BCUT2D eigenvalue weighted by molar-refractivity contribution is 7.99. The summed E-state index contributed by atoms with van der Waals surface area (Å²) in [5.74, 6) is 0.642. The average molecular weight is 279 g/mol. The second kappa shape index (κ2) is 4.74. The molecule has 2 atom stereocenters. The first-order valence-corrected chi connectivity index (χ1v) is 8.19. The molecule has 1 aliphatic rings. The molecule has 104 valence electrons. The number of nitrogens with zero attached hydrogens (tertiary/aromatic N) is 4. The van der Waals surface area contributed by atoms with Crippen LogP contribution in [0.25, 0.3) is 11.2 Å². The van der Waals surface area contributed by atoms with E-state index in [2.05, 4.69) is 27.8 Å². The average Bonchev–Trinajstić information content (AvgIpc) is 3.05. The molecule has 0 bridgehead atoms. The third-order valence-electron chi connectivity index (χ3n) is 4.12. The first kappa shape index (κ1) is 12.8. The maximum atomic E-state index is 6.19. The molecule has 0 amide bonds. The number of nitrogens with two attached hydrogens (primary N) is 1. The van der Waals surface area contributed by atoms with Gasteiger partial charge >= 0.3 is 0 Å². The smallest absolute Gasteiger partial charge is 0.202 e. The number of nitrogen functional groups attached to an aromatic ring is 1. The topological polar surface area (TPSA) is 61.7 Å². The molecule has 2 aromatic rings. The van der Waals surface area contributed by atoms with E-state index >= 15 is 0 Å². The summed E-state index contributed by atoms with van der Waals surface area (Å²) >= 11 is 1.94. The van der Waals surface area contributed by atoms with Crippen molar-refractivity contribution >= 4 is 28.9 Å². The van der Waals surface area contributed by atoms with Crippen LogP contribution in [0.15, 0.2) is 0 Å². The Hall–Kier alpha value is -1.17. The van der Waals surface area contributed by atoms with Crippen LogP contribution in [0.3, 0.4) is 0 Å². The molecule has 2 unspecified atom stereocenters. The first-order valence-electron chi connectivity index (χ1n) is 6.91. The van der Waals surface area contributed by atoms with E-state index in [4.69, 9.17) is 5.73 Å². The van der Waals surface area contributed by atoms with Crippen molar-refractivity contribution in [2.24, 2.45) is 0 Å². The summed E-state index contributed by atoms with van der Waals surface area (Å²) < 4.78 is 4.26. The maximum absolute atomic E-state index is 6.19. The van der Waals surface area contributed by atoms with Crippen LogP contribution in [-0.4, -0.2) is 30.8 Å². The van der Waals surface area contributed by atoms with Crippen LogP contribution in [0.4, 0.5) is 5.95 Å². The summed E-state index contributed by atoms with van der Waals surface area (Å²) in [4.78, 5) is 4.54. The normalized spacial score (nSPS) is 23.5. The highest BCUT2D eigenvalue weighted by Gasteiger charge is 2.32. The Morgan fingerprint density at radius 1 is 1.42 bits per heavy atom. The number of thioether (sulfide) groups is 1. The molecule has 1 fully saturated rings. The van der Waals surface area contributed by atoms with Crippen molar-refractivity contribution in [3.8, 4) is 0 Å². The molecule has 6 heteroatoms. The fraction of sp³-hybridized carbons (Fsp3) is 0.692. The quantitative estimate of drug-likeness (QED) is 0.938. The van der Waals surface area contributed by atoms with Crippen LogP contribution in [0.1, 0.15) is 37.9 Å². The van der Waals surface area contributed by atoms with Crippen LogP contribution < -0.4 is 5.73 Å². The van der Waals surface area contributed by atoms with Gasteiger partial charge in [0.1, 0.15) is 5.52 Å². The van der Waals surface area contributed by atoms with Crippen molar-refractivity contribution in [2.45, 2.75) is 50.9 Å². The summed E-state index contributed by atoms with van der Waals surface area (Å²) in [6, 6.07) is 0.460. The van der Waals surface area contributed by atoms with Gasteiger partial charge in [0.15, 0.2) is 5.65 Å². The van der Waals surface area contributed by atoms with E-state index in [0.29, 0.717) is 17.2 Å². The predicted molar refractivity (Wildman–Crippen MR) is 80.5 cm³/mol. The van der Waals surface area contributed by atoms with Gasteiger partial charge in [-0.1, -0.05) is 6.42 Å². The molecule has 1 aliphatic carbocycles. The molecule has 2 aromatic heterocycles. The largest absolute Gasteiger partial charge is 0.369 e. The number of imidazole rings is 1. The number of rotatable bonds is 3. The molecule has 19 heavy (non-hydrogen) atoms. The van der Waals surface area contributed by atoms with Gasteiger partial charge in [0.25, 0.3) is 0 Å². The molecule has 1 saturated carbocycles. The maximum Gasteiger partial charge on any atom is 0.202 e. The molecule has 2 heterocycles. The van der Waals surface area contributed by atoms with E-state index in [-0.39, 0.29) is 0 Å². The van der Waals surface area contributed by atoms with Crippen LogP contribution in [0, 0.1) is 6.92 Å². The summed E-state index contributed by atoms with van der Waals surface area (Å²) in [5, 5.41) is 5.20. The summed E-state index contributed by atoms with van der Waals surface area (Å²) in [5.41, 5.74) is 9.23. The highest BCUT2D eigenvalue weighted by atomic mass is 32.2. The van der Waals surface area contributed by atoms with E-state index in [9.17, 15) is 0 Å². The van der Waals surface area contributed by atoms with Crippen molar-refractivity contribution in [3.63, 3.8) is 0 Å². The predicted octanol–water partition coefficient (Wildman–Crippen LogP) is 2.60. The molecular formula is C13H21N5S. The summed E-state index contributed by atoms with van der Waals surface area (Å²) in [7, 11) is 0. The molecule has 2 N–H and O–H groups in total. The van der Waals surface area contributed by atoms with E-state index in [1.807, 2.05) is 23.4 Å². The number of hydrogen-bond donors (Lipinski definition) is 1. The van der Waals surface area contributed by atoms with E-state index < -0.39 is 0 Å². The number of fused-ring (bicyclic) bond motifs is 1. The van der Waals surface area contributed by atoms with E-state index in [0.717, 1.165) is 23.4 Å². The third kappa shape index (κ3) is 1.84. The molecule has 0 spiro atoms. The molecule has 0 saturated heterocycles. The molecule has 0 radical (unpaired) electrons. The van der Waals surface area contributed by atoms with Crippen molar-refractivity contribution < 1.29 is 0 Å². The van der Waals surface area contributed by atoms with Crippen molar-refractivity contribution in [3.05, 3.63) is 5.69 Å². The van der Waals surface area contributed by atoms with E-state index in [1.54, 1.807) is 0 Å². The fourth-order valence-corrected chi connectivity index (χ4v) is 4.20. The second-order valence-electron chi connectivity index (χ2n) is 5.19. The molecule has 0 aliphatic heterocycles. The van der Waals surface area contributed by atoms with Gasteiger partial charge in [0.2, 0.25) is 5.95 Å². The summed E-state index contributed by atoms with van der Waals surface area (Å²) in [6.07, 6.45) is 5.92. The standard InChI is InChI=1S/C13H21N5S/c1-4-17-12-11(8(2)16-17)15-13(14)18(12)9-6-5-7-10(9)19-3/h9-10H,4-7H2,1-3H3,(H2,14,15). The lowest BCUT2D eigenvalue weighted by Crippen LogP contribution is -2.19. The lowest BCUT2D eigenvalue weighted by atomic mass is 10.2. The SMILES string of the molecule is CCn1nc(C)c2nc(N)n(C3CCCC3SC)c21. The van der Waals surface area contributed by atoms with Crippen LogP contribution in [-0.2, 0) is 6.54 Å². The lowest BCUT2D eigenvalue weighted by Gasteiger charge is -2.21. The first-order chi connectivity index (χ1) is 9.17. The number of aryl methyl sites for hydroxylation is 2. The van der Waals surface area contributed by atoms with Crippen molar-refractivity contribution in [1.82, 2.24) is 19.3 Å². The monoisotopic (exact) mass is 279 g/mol. The zero-order valence-electron chi connectivity index (χ0n) is 11.8. The van der Waals surface area contributed by atoms with Crippen molar-refractivity contribution in [2.75, 3.05) is 12.0 Å². The Morgan fingerprint density at radius 3 is 2.89 bits per heavy atom. The minimum Gasteiger partial charge on any atom is -0.369 e. The third-order valence-corrected chi connectivity index (χ3v) is 5.28. The van der Waals surface area contributed by atoms with E-state index in [1.165, 1.54) is 19.3 Å². The zero-order valence-corrected chi connectivity index (χ0v) is 12.6. The van der Waals surface area contributed by atoms with Gasteiger partial charge in [-0.05, 0) is 32.9 Å². The van der Waals surface area contributed by atoms with Crippen molar-refractivity contribution in [1.29, 1.82) is 0 Å². The second-order valence-corrected chi connectivity index (χ2v) is 6.26. The summed E-state index contributed by atoms with van der Waals surface area (Å²) in [6.45, 7) is 4.97. The molecule has 5 nitrogen and oxygen atoms in total. The van der Waals surface area contributed by atoms with Gasteiger partial charge in [-0.2, -0.15) is 16.9 Å². The van der Waals surface area contributed by atoms with Crippen LogP contribution >= 0.6 is 11.8 Å². The number of aromatic nitrogens is 4. The van der Waals surface area contributed by atoms with Gasteiger partial charge in [-0.3, -0.25) is 4.57 Å². The van der Waals surface area contributed by atoms with Gasteiger partial charge in [-0.15, -0.1) is 0 Å². The zero-order chi connectivity index (χ0) is 13.6. The van der Waals surface area contributed by atoms with Gasteiger partial charge in [0, 0.05) is 11.8 Å². The van der Waals surface area contributed by atoms with Gasteiger partial charge < -0.3 is 5.73 Å². The lowest BCUT2D eigenvalue weighted by molar-refractivity contribution is 0.529. The highest BCUT2D eigenvalue weighted by Crippen LogP contribution is 2.40. The Morgan fingerprint density at radius 2 is 2.21 bits per heavy atom. The fourth-order valence-electron chi connectivity index (χ4n) is 3.23. The Balaban J connectivity index is 2.19. The number of anilines is 1. The molecule has 0 aromatic carbocycles. The Labute approximate surface area is 117 Å². The molecular weight excluding hydrogens is 258 g/mol.